The topological polar surface area (TPSA) is 60.9 Å². The van der Waals surface area contributed by atoms with Crippen molar-refractivity contribution in [2.24, 2.45) is 0 Å². The molecule has 2 rings (SSSR count). The van der Waals surface area contributed by atoms with Gasteiger partial charge in [0, 0.05) is 12.1 Å². The first-order valence-electron chi connectivity index (χ1n) is 6.13. The van der Waals surface area contributed by atoms with Crippen molar-refractivity contribution in [2.75, 3.05) is 13.1 Å². The number of carboxylic acid groups (broad SMARTS) is 1. The Morgan fingerprint density at radius 1 is 1.05 bits per heavy atom. The summed E-state index contributed by atoms with van der Waals surface area (Å²) in [6.45, 7) is -1.84. The van der Waals surface area contributed by atoms with Crippen molar-refractivity contribution in [3.05, 3.63) is 0 Å². The fraction of sp³-hybridized carbons (Fsp3) is 0.818. The zero-order valence-electron chi connectivity index (χ0n) is 10.2. The third-order valence-corrected chi connectivity index (χ3v) is 3.12. The minimum Gasteiger partial charge on any atom is -0.480 e. The Kier molecular flexibility index (Phi) is 3.60. The Morgan fingerprint density at radius 2 is 1.53 bits per heavy atom. The molecule has 0 aromatic rings. The van der Waals surface area contributed by atoms with Crippen LogP contribution in [0.25, 0.3) is 0 Å². The second kappa shape index (κ2) is 4.90. The quantitative estimate of drug-likeness (QED) is 0.833. The van der Waals surface area contributed by atoms with Crippen LogP contribution in [0.5, 0.6) is 0 Å². The van der Waals surface area contributed by atoms with Crippen molar-refractivity contribution in [2.45, 2.75) is 43.9 Å². The number of aliphatic carboxylic acids is 1. The number of carbonyl (C=O) groups is 2. The Balaban J connectivity index is 2.06. The third-order valence-electron chi connectivity index (χ3n) is 3.12. The van der Waals surface area contributed by atoms with Crippen LogP contribution < -0.4 is 0 Å². The summed E-state index contributed by atoms with van der Waals surface area (Å²) in [6, 6.07) is -1.42. The zero-order valence-corrected chi connectivity index (χ0v) is 10.2. The average molecular weight is 280 g/mol. The predicted octanol–water partition coefficient (Wildman–Crippen LogP) is 1.68. The lowest BCUT2D eigenvalue weighted by Crippen LogP contribution is -2.50. The highest BCUT2D eigenvalue weighted by Gasteiger charge is 2.45. The maximum absolute atomic E-state index is 12.5. The summed E-state index contributed by atoms with van der Waals surface area (Å²) in [6.07, 6.45) is -2.05. The van der Waals surface area contributed by atoms with E-state index < -0.39 is 37.3 Å². The van der Waals surface area contributed by atoms with Gasteiger partial charge in [0.2, 0.25) is 0 Å². The standard InChI is InChI=1S/C11H15F3N2O3/c12-11(13,14)6-16(8-3-4-8)10(19)15(5-9(17)18)7-1-2-7/h7-8H,1-6H2,(H,17,18). The molecule has 5 nitrogen and oxygen atoms in total. The van der Waals surface area contributed by atoms with Crippen LogP contribution in [0.4, 0.5) is 18.0 Å². The predicted molar refractivity (Wildman–Crippen MR) is 58.5 cm³/mol. The highest BCUT2D eigenvalue weighted by molar-refractivity contribution is 5.81. The number of amides is 2. The molecule has 0 unspecified atom stereocenters. The van der Waals surface area contributed by atoms with Crippen LogP contribution >= 0.6 is 0 Å². The first kappa shape index (κ1) is 14.0. The van der Waals surface area contributed by atoms with Gasteiger partial charge in [-0.2, -0.15) is 13.2 Å². The Hall–Kier alpha value is -1.47. The summed E-state index contributed by atoms with van der Waals surface area (Å²) < 4.78 is 37.4. The molecular formula is C11H15F3N2O3. The highest BCUT2D eigenvalue weighted by atomic mass is 19.4. The van der Waals surface area contributed by atoms with E-state index in [2.05, 4.69) is 0 Å². The van der Waals surface area contributed by atoms with E-state index in [9.17, 15) is 22.8 Å². The van der Waals surface area contributed by atoms with E-state index >= 15 is 0 Å². The molecule has 0 aromatic heterocycles. The van der Waals surface area contributed by atoms with Gasteiger partial charge in [-0.1, -0.05) is 0 Å². The molecule has 0 spiro atoms. The fourth-order valence-electron chi connectivity index (χ4n) is 1.98. The number of hydrogen-bond donors (Lipinski definition) is 1. The first-order chi connectivity index (χ1) is 8.78. The lowest BCUT2D eigenvalue weighted by molar-refractivity contribution is -0.143. The van der Waals surface area contributed by atoms with Crippen LogP contribution in [0.15, 0.2) is 0 Å². The van der Waals surface area contributed by atoms with E-state index in [1.165, 1.54) is 0 Å². The highest BCUT2D eigenvalue weighted by Crippen LogP contribution is 2.34. The number of alkyl halides is 3. The normalized spacial score (nSPS) is 19.1. The summed E-state index contributed by atoms with van der Waals surface area (Å²) in [5, 5.41) is 8.74. The van der Waals surface area contributed by atoms with Crippen LogP contribution in [-0.4, -0.2) is 58.3 Å². The lowest BCUT2D eigenvalue weighted by atomic mass is 10.4. The molecule has 2 aliphatic rings. The molecule has 0 radical (unpaired) electrons. The summed E-state index contributed by atoms with van der Waals surface area (Å²) in [5.74, 6) is -1.21. The summed E-state index contributed by atoms with van der Waals surface area (Å²) in [4.78, 5) is 24.6. The monoisotopic (exact) mass is 280 g/mol. The maximum atomic E-state index is 12.5. The number of rotatable bonds is 5. The van der Waals surface area contributed by atoms with Gasteiger partial charge in [0.15, 0.2) is 0 Å². The van der Waals surface area contributed by atoms with E-state index in [0.717, 1.165) is 9.80 Å². The molecule has 0 aromatic carbocycles. The van der Waals surface area contributed by atoms with Gasteiger partial charge in [0.05, 0.1) is 0 Å². The van der Waals surface area contributed by atoms with Gasteiger partial charge in [-0.05, 0) is 25.7 Å². The van der Waals surface area contributed by atoms with E-state index in [1.54, 1.807) is 0 Å². The average Bonchev–Trinajstić information content (AvgIpc) is 3.13. The minimum atomic E-state index is -4.46. The molecule has 0 aliphatic heterocycles. The van der Waals surface area contributed by atoms with Crippen molar-refractivity contribution in [3.63, 3.8) is 0 Å². The molecule has 2 fully saturated rings. The number of hydrogen-bond acceptors (Lipinski definition) is 2. The van der Waals surface area contributed by atoms with Crippen LogP contribution in [0.3, 0.4) is 0 Å². The minimum absolute atomic E-state index is 0.224. The lowest BCUT2D eigenvalue weighted by Gasteiger charge is -2.30. The number of urea groups is 1. The molecule has 2 saturated carbocycles. The van der Waals surface area contributed by atoms with E-state index in [4.69, 9.17) is 5.11 Å². The molecule has 0 heterocycles. The Bertz CT molecular complexity index is 378. The van der Waals surface area contributed by atoms with Crippen molar-refractivity contribution in [1.29, 1.82) is 0 Å². The van der Waals surface area contributed by atoms with E-state index in [0.29, 0.717) is 25.7 Å². The van der Waals surface area contributed by atoms with Crippen LogP contribution in [0, 0.1) is 0 Å². The third kappa shape index (κ3) is 4.00. The summed E-state index contributed by atoms with van der Waals surface area (Å²) in [7, 11) is 0. The molecule has 2 aliphatic carbocycles. The van der Waals surface area contributed by atoms with Gasteiger partial charge in [-0.3, -0.25) is 4.79 Å². The Labute approximate surface area is 108 Å². The number of carboxylic acids is 1. The molecule has 0 bridgehead atoms. The van der Waals surface area contributed by atoms with Gasteiger partial charge in [0.25, 0.3) is 0 Å². The fourth-order valence-corrected chi connectivity index (χ4v) is 1.98. The molecule has 0 saturated heterocycles. The molecule has 19 heavy (non-hydrogen) atoms. The number of halogens is 3. The molecule has 8 heteroatoms. The van der Waals surface area contributed by atoms with E-state index in [1.807, 2.05) is 0 Å². The SMILES string of the molecule is O=C(O)CN(C(=O)N(CC(F)(F)F)C1CC1)C1CC1. The van der Waals surface area contributed by atoms with Gasteiger partial charge in [-0.25, -0.2) is 4.79 Å². The van der Waals surface area contributed by atoms with Crippen LogP contribution in [0.1, 0.15) is 25.7 Å². The first-order valence-corrected chi connectivity index (χ1v) is 6.13. The van der Waals surface area contributed by atoms with Gasteiger partial charge in [0.1, 0.15) is 13.1 Å². The van der Waals surface area contributed by atoms with Gasteiger partial charge < -0.3 is 14.9 Å². The molecule has 0 atom stereocenters. The zero-order chi connectivity index (χ0) is 14.2. The number of carbonyl (C=O) groups excluding carboxylic acids is 1. The van der Waals surface area contributed by atoms with Crippen LogP contribution in [-0.2, 0) is 4.79 Å². The van der Waals surface area contributed by atoms with Crippen molar-refractivity contribution in [1.82, 2.24) is 9.80 Å². The smallest absolute Gasteiger partial charge is 0.406 e. The largest absolute Gasteiger partial charge is 0.480 e. The number of nitrogens with zero attached hydrogens (tertiary/aromatic N) is 2. The molecule has 2 amide bonds. The maximum Gasteiger partial charge on any atom is 0.406 e. The van der Waals surface area contributed by atoms with Crippen molar-refractivity contribution in [3.8, 4) is 0 Å². The summed E-state index contributed by atoms with van der Waals surface area (Å²) in [5.41, 5.74) is 0. The van der Waals surface area contributed by atoms with Gasteiger partial charge >= 0.3 is 18.2 Å². The second-order valence-electron chi connectivity index (χ2n) is 5.01. The molecule has 108 valence electrons. The Morgan fingerprint density at radius 3 is 1.89 bits per heavy atom. The summed E-state index contributed by atoms with van der Waals surface area (Å²) >= 11 is 0. The van der Waals surface area contributed by atoms with Gasteiger partial charge in [-0.15, -0.1) is 0 Å². The molecular weight excluding hydrogens is 265 g/mol. The molecule has 1 N–H and O–H groups in total. The van der Waals surface area contributed by atoms with Crippen molar-refractivity contribution < 1.29 is 27.9 Å². The van der Waals surface area contributed by atoms with Crippen LogP contribution in [0.2, 0.25) is 0 Å². The van der Waals surface area contributed by atoms with E-state index in [-0.39, 0.29) is 6.04 Å². The second-order valence-corrected chi connectivity index (χ2v) is 5.01. The van der Waals surface area contributed by atoms with Crippen molar-refractivity contribution >= 4 is 12.0 Å².